The molecule has 0 radical (unpaired) electrons. The van der Waals surface area contributed by atoms with Crippen molar-refractivity contribution in [2.24, 2.45) is 0 Å². The highest BCUT2D eigenvalue weighted by Gasteiger charge is 2.14. The third kappa shape index (κ3) is 2.54. The van der Waals surface area contributed by atoms with E-state index in [0.717, 1.165) is 16.3 Å². The fraction of sp³-hybridized carbons (Fsp3) is 0.250. The molecule has 0 spiro atoms. The van der Waals surface area contributed by atoms with Gasteiger partial charge in [0.25, 0.3) is 0 Å². The Morgan fingerprint density at radius 1 is 1.32 bits per heavy atom. The molecule has 0 aliphatic heterocycles. The van der Waals surface area contributed by atoms with Crippen LogP contribution in [0, 0.1) is 0 Å². The Balaban J connectivity index is 0.000000637. The van der Waals surface area contributed by atoms with Crippen LogP contribution in [-0.2, 0) is 0 Å². The van der Waals surface area contributed by atoms with E-state index in [0.29, 0.717) is 11.1 Å². The van der Waals surface area contributed by atoms with Gasteiger partial charge in [-0.3, -0.25) is 4.40 Å². The zero-order valence-electron chi connectivity index (χ0n) is 10.9. The maximum Gasteiger partial charge on any atom is 0.222 e. The van der Waals surface area contributed by atoms with E-state index in [4.69, 9.17) is 11.6 Å². The number of fused-ring (bicyclic) bond motifs is 1. The van der Waals surface area contributed by atoms with E-state index in [1.807, 2.05) is 35.9 Å². The van der Waals surface area contributed by atoms with Gasteiger partial charge in [-0.25, -0.2) is 15.0 Å². The number of nitrogens with zero attached hydrogens (tertiary/aromatic N) is 4. The van der Waals surface area contributed by atoms with Crippen molar-refractivity contribution in [3.8, 4) is 11.4 Å². The normalized spacial score (nSPS) is 10.1. The molecule has 1 N–H and O–H groups in total. The van der Waals surface area contributed by atoms with Crippen molar-refractivity contribution in [3.05, 3.63) is 29.0 Å². The lowest BCUT2D eigenvalue weighted by molar-refractivity contribution is 1.13. The van der Waals surface area contributed by atoms with Crippen LogP contribution in [0.15, 0.2) is 23.8 Å². The Morgan fingerprint density at radius 2 is 2.11 bits per heavy atom. The molecule has 0 atom stereocenters. The van der Waals surface area contributed by atoms with E-state index in [1.54, 1.807) is 13.2 Å². The number of nitrogens with one attached hydrogen (secondary N) is 1. The maximum absolute atomic E-state index is 6.13. The van der Waals surface area contributed by atoms with E-state index < -0.39 is 0 Å². The molecule has 100 valence electrons. The molecule has 3 heterocycles. The van der Waals surface area contributed by atoms with Crippen LogP contribution in [0.25, 0.3) is 16.3 Å². The molecule has 3 aromatic heterocycles. The number of hydrogen-bond acceptors (Lipinski definition) is 5. The molecule has 0 aromatic carbocycles. The first-order chi connectivity index (χ1) is 9.29. The smallest absolute Gasteiger partial charge is 0.222 e. The second-order valence-electron chi connectivity index (χ2n) is 3.32. The monoisotopic (exact) mass is 295 g/mol. The molecular weight excluding hydrogens is 282 g/mol. The van der Waals surface area contributed by atoms with Crippen LogP contribution in [-0.4, -0.2) is 26.4 Å². The van der Waals surface area contributed by atoms with Crippen molar-refractivity contribution >= 4 is 33.8 Å². The fourth-order valence-electron chi connectivity index (χ4n) is 1.60. The molecule has 0 unspecified atom stereocenters. The van der Waals surface area contributed by atoms with Gasteiger partial charge in [0, 0.05) is 24.8 Å². The molecule has 0 bridgehead atoms. The molecule has 3 aromatic rings. The Morgan fingerprint density at radius 3 is 2.84 bits per heavy atom. The average Bonchev–Trinajstić information content (AvgIpc) is 3.00. The predicted octanol–water partition coefficient (Wildman–Crippen LogP) is 3.57. The van der Waals surface area contributed by atoms with Crippen LogP contribution in [0.3, 0.4) is 0 Å². The van der Waals surface area contributed by atoms with Gasteiger partial charge in [-0.05, 0) is 6.07 Å². The van der Waals surface area contributed by atoms with E-state index in [-0.39, 0.29) is 0 Å². The van der Waals surface area contributed by atoms with E-state index in [1.165, 1.54) is 11.3 Å². The van der Waals surface area contributed by atoms with Crippen LogP contribution < -0.4 is 5.32 Å². The van der Waals surface area contributed by atoms with Gasteiger partial charge in [-0.2, -0.15) is 0 Å². The Labute approximate surface area is 120 Å². The lowest BCUT2D eigenvalue weighted by Gasteiger charge is -2.02. The molecule has 0 fully saturated rings. The summed E-state index contributed by atoms with van der Waals surface area (Å²) >= 11 is 7.67. The molecule has 0 saturated heterocycles. The fourth-order valence-corrected chi connectivity index (χ4v) is 2.63. The van der Waals surface area contributed by atoms with E-state index in [9.17, 15) is 0 Å². The van der Waals surface area contributed by atoms with E-state index >= 15 is 0 Å². The molecule has 5 nitrogen and oxygen atoms in total. The highest BCUT2D eigenvalue weighted by molar-refractivity contribution is 7.15. The number of imidazole rings is 1. The van der Waals surface area contributed by atoms with Gasteiger partial charge < -0.3 is 5.32 Å². The summed E-state index contributed by atoms with van der Waals surface area (Å²) in [5.41, 5.74) is 1.54. The summed E-state index contributed by atoms with van der Waals surface area (Å²) in [4.78, 5) is 13.6. The topological polar surface area (TPSA) is 55.1 Å². The summed E-state index contributed by atoms with van der Waals surface area (Å²) in [6.07, 6.45) is 3.62. The van der Waals surface area contributed by atoms with Crippen LogP contribution in [0.2, 0.25) is 5.15 Å². The quantitative estimate of drug-likeness (QED) is 0.785. The van der Waals surface area contributed by atoms with Crippen LogP contribution >= 0.6 is 22.9 Å². The highest BCUT2D eigenvalue weighted by Crippen LogP contribution is 2.29. The average molecular weight is 296 g/mol. The van der Waals surface area contributed by atoms with Crippen molar-refractivity contribution in [1.82, 2.24) is 19.4 Å². The van der Waals surface area contributed by atoms with Gasteiger partial charge in [0.15, 0.2) is 10.1 Å². The largest absolute Gasteiger partial charge is 0.357 e. The van der Waals surface area contributed by atoms with Gasteiger partial charge in [0.05, 0.1) is 5.69 Å². The van der Waals surface area contributed by atoms with Gasteiger partial charge in [0.1, 0.15) is 5.69 Å². The second-order valence-corrected chi connectivity index (χ2v) is 4.55. The molecule has 0 saturated carbocycles. The highest BCUT2D eigenvalue weighted by atomic mass is 35.5. The van der Waals surface area contributed by atoms with Crippen molar-refractivity contribution in [3.63, 3.8) is 0 Å². The Hall–Kier alpha value is -1.66. The van der Waals surface area contributed by atoms with Crippen molar-refractivity contribution < 1.29 is 0 Å². The standard InChI is InChI=1S/C10H8ClN5S.C2H6/c1-12-9-13-3-2-6(14-9)7-8(11)15-10-16(7)4-5-17-10;1-2/h2-5H,1H3,(H,12,13,14);1-2H3. The zero-order chi connectivity index (χ0) is 13.8. The zero-order valence-corrected chi connectivity index (χ0v) is 12.5. The van der Waals surface area contributed by atoms with Gasteiger partial charge in [-0.1, -0.05) is 25.4 Å². The van der Waals surface area contributed by atoms with E-state index in [2.05, 4.69) is 20.3 Å². The summed E-state index contributed by atoms with van der Waals surface area (Å²) in [7, 11) is 1.78. The summed E-state index contributed by atoms with van der Waals surface area (Å²) in [6.45, 7) is 4.00. The second kappa shape index (κ2) is 5.99. The first-order valence-corrected chi connectivity index (χ1v) is 7.17. The third-order valence-electron chi connectivity index (χ3n) is 2.34. The number of hydrogen-bond donors (Lipinski definition) is 1. The molecule has 0 aliphatic carbocycles. The minimum Gasteiger partial charge on any atom is -0.357 e. The number of thiazole rings is 1. The maximum atomic E-state index is 6.13. The first-order valence-electron chi connectivity index (χ1n) is 5.92. The minimum absolute atomic E-state index is 0.456. The molecular formula is C12H14ClN5S. The lowest BCUT2D eigenvalue weighted by atomic mass is 10.3. The van der Waals surface area contributed by atoms with Crippen LogP contribution in [0.5, 0.6) is 0 Å². The molecule has 0 aliphatic rings. The number of aromatic nitrogens is 4. The number of halogens is 1. The minimum atomic E-state index is 0.456. The molecule has 0 amide bonds. The SMILES string of the molecule is CC.CNc1nccc(-c2c(Cl)nc3sccn23)n1. The Kier molecular flexibility index (Phi) is 4.34. The van der Waals surface area contributed by atoms with Gasteiger partial charge in [-0.15, -0.1) is 11.3 Å². The number of rotatable bonds is 2. The first kappa shape index (κ1) is 13.8. The third-order valence-corrected chi connectivity index (χ3v) is 3.36. The predicted molar refractivity (Wildman–Crippen MR) is 80.0 cm³/mol. The summed E-state index contributed by atoms with van der Waals surface area (Å²) in [5, 5.41) is 5.32. The van der Waals surface area contributed by atoms with Crippen molar-refractivity contribution in [1.29, 1.82) is 0 Å². The summed E-state index contributed by atoms with van der Waals surface area (Å²) in [6, 6.07) is 1.81. The van der Waals surface area contributed by atoms with Crippen molar-refractivity contribution in [2.45, 2.75) is 13.8 Å². The van der Waals surface area contributed by atoms with Crippen LogP contribution in [0.4, 0.5) is 5.95 Å². The van der Waals surface area contributed by atoms with Gasteiger partial charge in [0.2, 0.25) is 5.95 Å². The lowest BCUT2D eigenvalue weighted by Crippen LogP contribution is -1.97. The summed E-state index contributed by atoms with van der Waals surface area (Å²) < 4.78 is 1.93. The van der Waals surface area contributed by atoms with Crippen LogP contribution in [0.1, 0.15) is 13.8 Å². The summed E-state index contributed by atoms with van der Waals surface area (Å²) in [5.74, 6) is 0.559. The van der Waals surface area contributed by atoms with Gasteiger partial charge >= 0.3 is 0 Å². The molecule has 3 rings (SSSR count). The molecule has 7 heteroatoms. The Bertz CT molecular complexity index is 676. The number of anilines is 1. The molecule has 19 heavy (non-hydrogen) atoms. The van der Waals surface area contributed by atoms with Crippen molar-refractivity contribution in [2.75, 3.05) is 12.4 Å².